The van der Waals surface area contributed by atoms with E-state index in [4.69, 9.17) is 0 Å². The Kier molecular flexibility index (Phi) is 7.99. The fourth-order valence-corrected chi connectivity index (χ4v) is 6.33. The number of halogens is 1. The smallest absolute Gasteiger partial charge is 0.243 e. The average molecular weight is 499 g/mol. The molecule has 3 amide bonds. The van der Waals surface area contributed by atoms with Crippen molar-refractivity contribution in [2.24, 2.45) is 17.8 Å². The molecule has 3 atom stereocenters. The second-order valence-corrected chi connectivity index (χ2v) is 11.5. The normalized spacial score (nSPS) is 22.3. The summed E-state index contributed by atoms with van der Waals surface area (Å²) in [7, 11) is 0. The van der Waals surface area contributed by atoms with Gasteiger partial charge in [0.05, 0.1) is 15.6 Å². The minimum atomic E-state index is -0.709. The molecule has 1 aromatic heterocycles. The van der Waals surface area contributed by atoms with Crippen molar-refractivity contribution in [2.75, 3.05) is 12.3 Å². The van der Waals surface area contributed by atoms with Crippen LogP contribution in [0.4, 0.5) is 0 Å². The molecule has 1 aliphatic heterocycles. The quantitative estimate of drug-likeness (QED) is 0.314. The lowest BCUT2D eigenvalue weighted by atomic mass is 9.85. The lowest BCUT2D eigenvalue weighted by Crippen LogP contribution is -2.51. The van der Waals surface area contributed by atoms with Crippen LogP contribution in [0, 0.1) is 17.8 Å². The molecule has 29 heavy (non-hydrogen) atoms. The number of carbonyl (C=O) groups excluding carboxylic acids is 3. The number of nitrogens with one attached hydrogen (secondary N) is 1. The highest BCUT2D eigenvalue weighted by molar-refractivity contribution is 9.11. The van der Waals surface area contributed by atoms with Crippen LogP contribution in [0.2, 0.25) is 0 Å². The summed E-state index contributed by atoms with van der Waals surface area (Å²) >= 11 is 6.93. The number of fused-ring (bicyclic) bond motifs is 1. The van der Waals surface area contributed by atoms with Gasteiger partial charge in [-0.15, -0.1) is 11.3 Å². The van der Waals surface area contributed by atoms with E-state index in [2.05, 4.69) is 27.3 Å². The molecule has 2 heterocycles. The zero-order valence-electron chi connectivity index (χ0n) is 16.7. The van der Waals surface area contributed by atoms with Crippen LogP contribution in [-0.2, 0) is 20.1 Å². The fourth-order valence-electron chi connectivity index (χ4n) is 3.88. The van der Waals surface area contributed by atoms with Crippen molar-refractivity contribution < 1.29 is 14.4 Å². The van der Waals surface area contributed by atoms with Crippen LogP contribution >= 0.6 is 39.0 Å². The van der Waals surface area contributed by atoms with Gasteiger partial charge in [-0.05, 0) is 53.2 Å². The van der Waals surface area contributed by atoms with Crippen molar-refractivity contribution >= 4 is 56.8 Å². The summed E-state index contributed by atoms with van der Waals surface area (Å²) in [6.07, 6.45) is 5.62. The van der Waals surface area contributed by atoms with E-state index in [1.165, 1.54) is 9.78 Å². The van der Waals surface area contributed by atoms with Gasteiger partial charge in [0, 0.05) is 22.9 Å². The molecule has 0 saturated carbocycles. The number of carbonyl (C=O) groups is 3. The number of hydrogen-bond donors (Lipinski definition) is 1. The van der Waals surface area contributed by atoms with E-state index in [0.29, 0.717) is 25.8 Å². The maximum absolute atomic E-state index is 12.9. The second-order valence-electron chi connectivity index (χ2n) is 7.90. The summed E-state index contributed by atoms with van der Waals surface area (Å²) in [6, 6.07) is 3.42. The number of thioether (sulfide) groups is 1. The number of allylic oxidation sites excluding steroid dienone is 2. The zero-order valence-corrected chi connectivity index (χ0v) is 19.9. The van der Waals surface area contributed by atoms with Gasteiger partial charge >= 0.3 is 0 Å². The first kappa shape index (κ1) is 22.6. The van der Waals surface area contributed by atoms with Gasteiger partial charge in [0.1, 0.15) is 6.04 Å². The topological polar surface area (TPSA) is 66.5 Å². The maximum Gasteiger partial charge on any atom is 0.243 e. The summed E-state index contributed by atoms with van der Waals surface area (Å²) in [5.41, 5.74) is 0. The van der Waals surface area contributed by atoms with E-state index < -0.39 is 6.04 Å². The predicted octanol–water partition coefficient (Wildman–Crippen LogP) is 4.23. The second kappa shape index (κ2) is 10.3. The summed E-state index contributed by atoms with van der Waals surface area (Å²) in [4.78, 5) is 41.3. The standard InChI is InChI=1S/C21H27BrN2O3S2/c1-13(2)11-17(24-20(26)15-5-3-4-6-16(15)21(24)27)19(25)23-9-10-28-12-14-7-8-18(22)29-14/h3-4,7-8,13,15-17H,5-6,9-12H2,1-2H3,(H,23,25). The number of thiophene rings is 1. The maximum atomic E-state index is 12.9. The number of hydrogen-bond acceptors (Lipinski definition) is 5. The van der Waals surface area contributed by atoms with E-state index in [-0.39, 0.29) is 35.5 Å². The van der Waals surface area contributed by atoms with Crippen LogP contribution in [0.1, 0.15) is 38.0 Å². The van der Waals surface area contributed by atoms with Crippen LogP contribution < -0.4 is 5.32 Å². The monoisotopic (exact) mass is 498 g/mol. The summed E-state index contributed by atoms with van der Waals surface area (Å²) in [6.45, 7) is 4.54. The van der Waals surface area contributed by atoms with E-state index in [9.17, 15) is 14.4 Å². The van der Waals surface area contributed by atoms with Crippen LogP contribution in [0.3, 0.4) is 0 Å². The Labute approximate surface area is 188 Å². The van der Waals surface area contributed by atoms with E-state index in [0.717, 1.165) is 15.3 Å². The Morgan fingerprint density at radius 2 is 1.90 bits per heavy atom. The van der Waals surface area contributed by atoms with Crippen LogP contribution in [0.5, 0.6) is 0 Å². The van der Waals surface area contributed by atoms with Crippen LogP contribution in [0.15, 0.2) is 28.1 Å². The molecular weight excluding hydrogens is 472 g/mol. The van der Waals surface area contributed by atoms with Crippen molar-refractivity contribution in [3.8, 4) is 0 Å². The molecule has 0 bridgehead atoms. The van der Waals surface area contributed by atoms with Crippen molar-refractivity contribution in [1.82, 2.24) is 10.2 Å². The van der Waals surface area contributed by atoms with Gasteiger partial charge in [-0.25, -0.2) is 0 Å². The summed E-state index contributed by atoms with van der Waals surface area (Å²) < 4.78 is 1.12. The number of amides is 3. The Bertz CT molecular complexity index is 767. The van der Waals surface area contributed by atoms with E-state index in [1.807, 2.05) is 32.1 Å². The lowest BCUT2D eigenvalue weighted by Gasteiger charge is -2.27. The molecular formula is C21H27BrN2O3S2. The first-order chi connectivity index (χ1) is 13.9. The van der Waals surface area contributed by atoms with Gasteiger partial charge in [0.2, 0.25) is 17.7 Å². The highest BCUT2D eigenvalue weighted by Crippen LogP contribution is 2.37. The van der Waals surface area contributed by atoms with Crippen LogP contribution in [0.25, 0.3) is 0 Å². The van der Waals surface area contributed by atoms with E-state index >= 15 is 0 Å². The highest BCUT2D eigenvalue weighted by atomic mass is 79.9. The van der Waals surface area contributed by atoms with Crippen molar-refractivity contribution in [3.05, 3.63) is 32.9 Å². The Hall–Kier alpha value is -1.12. The number of rotatable bonds is 9. The Morgan fingerprint density at radius 3 is 2.45 bits per heavy atom. The molecule has 0 aromatic carbocycles. The molecule has 1 aliphatic carbocycles. The van der Waals surface area contributed by atoms with Crippen molar-refractivity contribution in [1.29, 1.82) is 0 Å². The lowest BCUT2D eigenvalue weighted by molar-refractivity contribution is -0.148. The van der Waals surface area contributed by atoms with Crippen molar-refractivity contribution in [2.45, 2.75) is 44.9 Å². The third kappa shape index (κ3) is 5.52. The molecule has 5 nitrogen and oxygen atoms in total. The zero-order chi connectivity index (χ0) is 21.0. The largest absolute Gasteiger partial charge is 0.353 e. The van der Waals surface area contributed by atoms with Gasteiger partial charge in [-0.2, -0.15) is 11.8 Å². The van der Waals surface area contributed by atoms with Crippen LogP contribution in [-0.4, -0.2) is 41.0 Å². The van der Waals surface area contributed by atoms with Gasteiger partial charge in [0.25, 0.3) is 0 Å². The minimum absolute atomic E-state index is 0.178. The molecule has 0 spiro atoms. The molecule has 0 radical (unpaired) electrons. The van der Waals surface area contributed by atoms with Gasteiger partial charge < -0.3 is 5.32 Å². The molecule has 1 N–H and O–H groups in total. The number of imide groups is 1. The Morgan fingerprint density at radius 1 is 1.24 bits per heavy atom. The molecule has 3 rings (SSSR count). The van der Waals surface area contributed by atoms with E-state index in [1.54, 1.807) is 23.1 Å². The highest BCUT2D eigenvalue weighted by Gasteiger charge is 2.51. The molecule has 8 heteroatoms. The first-order valence-electron chi connectivity index (χ1n) is 10.00. The molecule has 3 unspecified atom stereocenters. The molecule has 1 fully saturated rings. The van der Waals surface area contributed by atoms with Gasteiger partial charge in [0.15, 0.2) is 0 Å². The molecule has 1 aromatic rings. The SMILES string of the molecule is CC(C)CC(C(=O)NCCSCc1ccc(Br)s1)N1C(=O)C2CC=CCC2C1=O. The summed E-state index contributed by atoms with van der Waals surface area (Å²) in [5.74, 6) is 0.732. The predicted molar refractivity (Wildman–Crippen MR) is 122 cm³/mol. The molecule has 1 saturated heterocycles. The minimum Gasteiger partial charge on any atom is -0.353 e. The van der Waals surface area contributed by atoms with Gasteiger partial charge in [-0.3, -0.25) is 19.3 Å². The molecule has 2 aliphatic rings. The summed E-state index contributed by atoms with van der Waals surface area (Å²) in [5, 5.41) is 2.95. The van der Waals surface area contributed by atoms with Crippen molar-refractivity contribution in [3.63, 3.8) is 0 Å². The molecule has 158 valence electrons. The average Bonchev–Trinajstić information content (AvgIpc) is 3.21. The van der Waals surface area contributed by atoms with Gasteiger partial charge in [-0.1, -0.05) is 26.0 Å². The first-order valence-corrected chi connectivity index (χ1v) is 12.8. The fraction of sp³-hybridized carbons (Fsp3) is 0.571. The Balaban J connectivity index is 1.55. The number of nitrogens with zero attached hydrogens (tertiary/aromatic N) is 1. The third-order valence-electron chi connectivity index (χ3n) is 5.27. The third-order valence-corrected chi connectivity index (χ3v) is 8.08. The number of likely N-dealkylation sites (tertiary alicyclic amines) is 1.